The van der Waals surface area contributed by atoms with Gasteiger partial charge in [0.1, 0.15) is 0 Å². The highest BCUT2D eigenvalue weighted by molar-refractivity contribution is 5.73. The molecule has 0 radical (unpaired) electrons. The molecule has 0 unspecified atom stereocenters. The average Bonchev–Trinajstić information content (AvgIpc) is 1.79. The standard InChI is InChI=1S/C7H14N2O2/c1-9(3-2-7(8)10)6-4-11-5-6/h6H,2-5H2,1H3,(H2,8,10). The maximum Gasteiger partial charge on any atom is 0.218 e. The van der Waals surface area contributed by atoms with Crippen LogP contribution < -0.4 is 5.73 Å². The van der Waals surface area contributed by atoms with E-state index in [4.69, 9.17) is 10.5 Å². The lowest BCUT2D eigenvalue weighted by Crippen LogP contribution is -2.47. The van der Waals surface area contributed by atoms with Gasteiger partial charge < -0.3 is 10.5 Å². The molecule has 64 valence electrons. The third kappa shape index (κ3) is 2.48. The lowest BCUT2D eigenvalue weighted by atomic mass is 10.2. The van der Waals surface area contributed by atoms with Gasteiger partial charge in [0.2, 0.25) is 5.91 Å². The lowest BCUT2D eigenvalue weighted by molar-refractivity contribution is -0.119. The second-order valence-electron chi connectivity index (χ2n) is 2.89. The number of carbonyl (C=O) groups excluding carboxylic acids is 1. The topological polar surface area (TPSA) is 55.6 Å². The molecule has 1 fully saturated rings. The van der Waals surface area contributed by atoms with E-state index in [0.717, 1.165) is 19.8 Å². The van der Waals surface area contributed by atoms with E-state index >= 15 is 0 Å². The Morgan fingerprint density at radius 2 is 2.36 bits per heavy atom. The van der Waals surface area contributed by atoms with Crippen LogP contribution in [0.25, 0.3) is 0 Å². The predicted octanol–water partition coefficient (Wildman–Crippen LogP) is -0.808. The number of ether oxygens (including phenoxy) is 1. The third-order valence-corrected chi connectivity index (χ3v) is 1.95. The number of amides is 1. The maximum absolute atomic E-state index is 10.4. The first-order valence-corrected chi connectivity index (χ1v) is 3.76. The van der Waals surface area contributed by atoms with Gasteiger partial charge in [-0.1, -0.05) is 0 Å². The van der Waals surface area contributed by atoms with Crippen LogP contribution in [0.2, 0.25) is 0 Å². The molecule has 1 aliphatic heterocycles. The quantitative estimate of drug-likeness (QED) is 0.582. The van der Waals surface area contributed by atoms with Gasteiger partial charge in [0.05, 0.1) is 19.3 Å². The van der Waals surface area contributed by atoms with Crippen LogP contribution in [-0.2, 0) is 9.53 Å². The van der Waals surface area contributed by atoms with Crippen LogP contribution >= 0.6 is 0 Å². The van der Waals surface area contributed by atoms with Gasteiger partial charge in [0.15, 0.2) is 0 Å². The highest BCUT2D eigenvalue weighted by atomic mass is 16.5. The normalized spacial score (nSPS) is 18.4. The Labute approximate surface area is 66.3 Å². The second-order valence-corrected chi connectivity index (χ2v) is 2.89. The number of nitrogens with zero attached hydrogens (tertiary/aromatic N) is 1. The van der Waals surface area contributed by atoms with Crippen LogP contribution in [0.15, 0.2) is 0 Å². The molecule has 1 heterocycles. The van der Waals surface area contributed by atoms with Crippen molar-refractivity contribution in [1.82, 2.24) is 4.90 Å². The summed E-state index contributed by atoms with van der Waals surface area (Å²) >= 11 is 0. The average molecular weight is 158 g/mol. The number of carbonyl (C=O) groups is 1. The smallest absolute Gasteiger partial charge is 0.218 e. The zero-order valence-corrected chi connectivity index (χ0v) is 6.75. The van der Waals surface area contributed by atoms with E-state index in [2.05, 4.69) is 4.90 Å². The van der Waals surface area contributed by atoms with Gasteiger partial charge in [0, 0.05) is 13.0 Å². The fourth-order valence-corrected chi connectivity index (χ4v) is 0.947. The molecule has 0 aliphatic carbocycles. The number of nitrogens with two attached hydrogens (primary N) is 1. The van der Waals surface area contributed by atoms with Gasteiger partial charge in [-0.05, 0) is 7.05 Å². The molecule has 0 saturated carbocycles. The number of hydrogen-bond donors (Lipinski definition) is 1. The van der Waals surface area contributed by atoms with Crippen molar-refractivity contribution in [1.29, 1.82) is 0 Å². The lowest BCUT2D eigenvalue weighted by Gasteiger charge is -2.34. The van der Waals surface area contributed by atoms with Crippen LogP contribution in [0, 0.1) is 0 Å². The van der Waals surface area contributed by atoms with E-state index in [0.29, 0.717) is 12.5 Å². The van der Waals surface area contributed by atoms with Gasteiger partial charge >= 0.3 is 0 Å². The zero-order valence-electron chi connectivity index (χ0n) is 6.75. The van der Waals surface area contributed by atoms with Crippen molar-refractivity contribution in [2.45, 2.75) is 12.5 Å². The molecule has 1 saturated heterocycles. The molecule has 11 heavy (non-hydrogen) atoms. The summed E-state index contributed by atoms with van der Waals surface area (Å²) in [6.45, 7) is 2.31. The molecule has 0 atom stereocenters. The van der Waals surface area contributed by atoms with Gasteiger partial charge in [-0.2, -0.15) is 0 Å². The first-order chi connectivity index (χ1) is 5.20. The molecule has 4 nitrogen and oxygen atoms in total. The molecule has 2 N–H and O–H groups in total. The van der Waals surface area contributed by atoms with E-state index in [9.17, 15) is 4.79 Å². The number of rotatable bonds is 4. The van der Waals surface area contributed by atoms with Crippen molar-refractivity contribution in [2.75, 3.05) is 26.8 Å². The van der Waals surface area contributed by atoms with Crippen molar-refractivity contribution in [3.05, 3.63) is 0 Å². The van der Waals surface area contributed by atoms with E-state index in [1.807, 2.05) is 7.05 Å². The Balaban J connectivity index is 2.09. The van der Waals surface area contributed by atoms with E-state index in [1.54, 1.807) is 0 Å². The van der Waals surface area contributed by atoms with Crippen LogP contribution in [0.3, 0.4) is 0 Å². The molecule has 0 aromatic carbocycles. The van der Waals surface area contributed by atoms with Crippen molar-refractivity contribution < 1.29 is 9.53 Å². The number of primary amides is 1. The summed E-state index contributed by atoms with van der Waals surface area (Å²) in [6.07, 6.45) is 0.438. The van der Waals surface area contributed by atoms with Crippen LogP contribution in [0.5, 0.6) is 0 Å². The van der Waals surface area contributed by atoms with Crippen LogP contribution in [-0.4, -0.2) is 43.7 Å². The van der Waals surface area contributed by atoms with E-state index in [1.165, 1.54) is 0 Å². The fourth-order valence-electron chi connectivity index (χ4n) is 0.947. The SMILES string of the molecule is CN(CCC(N)=O)C1COC1. The monoisotopic (exact) mass is 158 g/mol. The van der Waals surface area contributed by atoms with Crippen LogP contribution in [0.1, 0.15) is 6.42 Å². The molecule has 0 aromatic rings. The van der Waals surface area contributed by atoms with Gasteiger partial charge in [0.25, 0.3) is 0 Å². The minimum Gasteiger partial charge on any atom is -0.378 e. The Kier molecular flexibility index (Phi) is 2.84. The largest absolute Gasteiger partial charge is 0.378 e. The van der Waals surface area contributed by atoms with Crippen molar-refractivity contribution in [3.63, 3.8) is 0 Å². The van der Waals surface area contributed by atoms with Gasteiger partial charge in [-0.15, -0.1) is 0 Å². The summed E-state index contributed by atoms with van der Waals surface area (Å²) in [6, 6.07) is 0.495. The Morgan fingerprint density at radius 3 is 2.73 bits per heavy atom. The molecular weight excluding hydrogens is 144 g/mol. The third-order valence-electron chi connectivity index (χ3n) is 1.95. The number of hydrogen-bond acceptors (Lipinski definition) is 3. The Bertz CT molecular complexity index is 145. The molecule has 1 aliphatic rings. The summed E-state index contributed by atoms with van der Waals surface area (Å²) in [5, 5.41) is 0. The number of likely N-dealkylation sites (N-methyl/N-ethyl adjacent to an activating group) is 1. The zero-order chi connectivity index (χ0) is 8.27. The van der Waals surface area contributed by atoms with Crippen molar-refractivity contribution in [3.8, 4) is 0 Å². The van der Waals surface area contributed by atoms with Gasteiger partial charge in [-0.25, -0.2) is 0 Å². The minimum absolute atomic E-state index is 0.239. The molecule has 1 rings (SSSR count). The summed E-state index contributed by atoms with van der Waals surface area (Å²) in [5.41, 5.74) is 5.00. The minimum atomic E-state index is -0.239. The molecule has 0 bridgehead atoms. The first kappa shape index (κ1) is 8.49. The molecule has 0 spiro atoms. The molecular formula is C7H14N2O2. The second kappa shape index (κ2) is 3.69. The molecule has 0 aromatic heterocycles. The molecule has 1 amide bonds. The summed E-state index contributed by atoms with van der Waals surface area (Å²) < 4.78 is 5.00. The van der Waals surface area contributed by atoms with Crippen LogP contribution in [0.4, 0.5) is 0 Å². The molecule has 4 heteroatoms. The fraction of sp³-hybridized carbons (Fsp3) is 0.857. The predicted molar refractivity (Wildman–Crippen MR) is 41.0 cm³/mol. The van der Waals surface area contributed by atoms with Gasteiger partial charge in [-0.3, -0.25) is 9.69 Å². The Morgan fingerprint density at radius 1 is 1.73 bits per heavy atom. The van der Waals surface area contributed by atoms with E-state index < -0.39 is 0 Å². The highest BCUT2D eigenvalue weighted by Crippen LogP contribution is 2.07. The highest BCUT2D eigenvalue weighted by Gasteiger charge is 2.22. The summed E-state index contributed by atoms with van der Waals surface area (Å²) in [4.78, 5) is 12.5. The maximum atomic E-state index is 10.4. The van der Waals surface area contributed by atoms with E-state index in [-0.39, 0.29) is 5.91 Å². The van der Waals surface area contributed by atoms with Crippen molar-refractivity contribution >= 4 is 5.91 Å². The summed E-state index contributed by atoms with van der Waals surface area (Å²) in [5.74, 6) is -0.239. The van der Waals surface area contributed by atoms with Crippen molar-refractivity contribution in [2.24, 2.45) is 5.73 Å². The Hall–Kier alpha value is -0.610. The first-order valence-electron chi connectivity index (χ1n) is 3.76. The summed E-state index contributed by atoms with van der Waals surface area (Å²) in [7, 11) is 1.98.